The number of hydrogen-bond acceptors (Lipinski definition) is 4. The fourth-order valence-corrected chi connectivity index (χ4v) is 2.19. The molecule has 1 aromatic heterocycles. The van der Waals surface area contributed by atoms with Gasteiger partial charge in [0.15, 0.2) is 0 Å². The van der Waals surface area contributed by atoms with Gasteiger partial charge >= 0.3 is 0 Å². The van der Waals surface area contributed by atoms with E-state index >= 15 is 0 Å². The minimum atomic E-state index is 0.610. The summed E-state index contributed by atoms with van der Waals surface area (Å²) in [6.07, 6.45) is 5.07. The van der Waals surface area contributed by atoms with Gasteiger partial charge in [-0.1, -0.05) is 11.9 Å². The zero-order chi connectivity index (χ0) is 9.10. The van der Waals surface area contributed by atoms with Crippen LogP contribution in [-0.2, 0) is 0 Å². The predicted molar refractivity (Wildman–Crippen MR) is 55.9 cm³/mol. The van der Waals surface area contributed by atoms with E-state index in [9.17, 15) is 0 Å². The molecule has 1 atom stereocenters. The van der Waals surface area contributed by atoms with Gasteiger partial charge in [-0.05, 0) is 12.7 Å². The highest BCUT2D eigenvalue weighted by Crippen LogP contribution is 2.17. The first-order valence-electron chi connectivity index (χ1n) is 4.43. The van der Waals surface area contributed by atoms with Gasteiger partial charge in [0.25, 0.3) is 0 Å². The van der Waals surface area contributed by atoms with Gasteiger partial charge in [-0.15, -0.1) is 0 Å². The number of aromatic nitrogens is 2. The van der Waals surface area contributed by atoms with E-state index in [0.29, 0.717) is 6.04 Å². The van der Waals surface area contributed by atoms with Crippen molar-refractivity contribution in [1.29, 1.82) is 0 Å². The van der Waals surface area contributed by atoms with Crippen LogP contribution in [0.25, 0.3) is 0 Å². The predicted octanol–water partition coefficient (Wildman–Crippen LogP) is 0.856. The van der Waals surface area contributed by atoms with Gasteiger partial charge in [0, 0.05) is 25.2 Å². The smallest absolute Gasteiger partial charge is 0.124 e. The maximum Gasteiger partial charge on any atom is 0.124 e. The van der Waals surface area contributed by atoms with Crippen molar-refractivity contribution in [3.63, 3.8) is 0 Å². The van der Waals surface area contributed by atoms with Gasteiger partial charge in [0.05, 0.1) is 6.20 Å². The summed E-state index contributed by atoms with van der Waals surface area (Å²) < 4.78 is 3.38. The zero-order valence-corrected chi connectivity index (χ0v) is 8.47. The highest BCUT2D eigenvalue weighted by Gasteiger charge is 2.22. The maximum absolute atomic E-state index is 3.95. The third-order valence-corrected chi connectivity index (χ3v) is 2.87. The Hall–Kier alpha value is -0.680. The van der Waals surface area contributed by atoms with Crippen LogP contribution in [0.3, 0.4) is 0 Å². The first-order valence-corrected chi connectivity index (χ1v) is 5.65. The summed E-state index contributed by atoms with van der Waals surface area (Å²) >= 11 is 1.70. The molecule has 0 amide bonds. The lowest BCUT2D eigenvalue weighted by Crippen LogP contribution is -2.28. The Morgan fingerprint density at radius 3 is 3.38 bits per heavy atom. The van der Waals surface area contributed by atoms with Crippen molar-refractivity contribution in [1.82, 2.24) is 14.9 Å². The molecule has 5 heteroatoms. The van der Waals surface area contributed by atoms with Crippen molar-refractivity contribution in [2.45, 2.75) is 12.5 Å². The lowest BCUT2D eigenvalue weighted by atomic mass is 10.3. The molecule has 0 saturated carbocycles. The van der Waals surface area contributed by atoms with Crippen LogP contribution < -0.4 is 9.62 Å². The van der Waals surface area contributed by atoms with Gasteiger partial charge < -0.3 is 4.90 Å². The second-order valence-electron chi connectivity index (χ2n) is 3.20. The zero-order valence-electron chi connectivity index (χ0n) is 7.66. The van der Waals surface area contributed by atoms with Crippen molar-refractivity contribution >= 4 is 17.8 Å². The number of nitrogens with zero attached hydrogens (tertiary/aromatic N) is 2. The highest BCUT2D eigenvalue weighted by molar-refractivity contribution is 7.96. The molecule has 2 rings (SSSR count). The van der Waals surface area contributed by atoms with Crippen molar-refractivity contribution in [2.24, 2.45) is 0 Å². The van der Waals surface area contributed by atoms with E-state index in [1.807, 2.05) is 6.07 Å². The van der Waals surface area contributed by atoms with E-state index in [1.54, 1.807) is 18.1 Å². The van der Waals surface area contributed by atoms with E-state index < -0.39 is 0 Å². The molecular formula is C8H14N4S. The minimum absolute atomic E-state index is 0.610. The first kappa shape index (κ1) is 8.90. The summed E-state index contributed by atoms with van der Waals surface area (Å²) in [5, 5.41) is 6.93. The molecule has 0 spiro atoms. The number of nitrogens with one attached hydrogen (secondary N) is 2. The molecule has 0 aliphatic carbocycles. The number of aromatic amines is 1. The second-order valence-corrected chi connectivity index (χ2v) is 3.84. The molecule has 1 aliphatic rings. The van der Waals surface area contributed by atoms with Crippen LogP contribution in [0.15, 0.2) is 12.3 Å². The molecule has 0 bridgehead atoms. The van der Waals surface area contributed by atoms with Gasteiger partial charge in [-0.2, -0.15) is 5.10 Å². The quantitative estimate of drug-likeness (QED) is 0.707. The van der Waals surface area contributed by atoms with Crippen LogP contribution in [0.1, 0.15) is 6.42 Å². The van der Waals surface area contributed by atoms with E-state index in [2.05, 4.69) is 26.1 Å². The molecule has 0 aromatic carbocycles. The molecule has 4 nitrogen and oxygen atoms in total. The average Bonchev–Trinajstić information content (AvgIpc) is 2.70. The first-order chi connectivity index (χ1) is 6.40. The number of hydrogen-bond donors (Lipinski definition) is 2. The standard InChI is InChI=1S/C8H14N4S/c1-13-11-7-3-5-12(6-7)8-2-4-9-10-8/h2,4,7,11H,3,5-6H2,1H3,(H,9,10). The van der Waals surface area contributed by atoms with Crippen molar-refractivity contribution in [3.8, 4) is 0 Å². The SMILES string of the molecule is CSNC1CCN(c2ccn[nH]2)C1. The van der Waals surface area contributed by atoms with Crippen LogP contribution in [0, 0.1) is 0 Å². The molecule has 1 aromatic rings. The van der Waals surface area contributed by atoms with E-state index in [0.717, 1.165) is 18.9 Å². The van der Waals surface area contributed by atoms with Gasteiger partial charge in [-0.25, -0.2) is 0 Å². The number of rotatable bonds is 3. The molecular weight excluding hydrogens is 184 g/mol. The molecule has 2 heterocycles. The summed E-state index contributed by atoms with van der Waals surface area (Å²) in [6, 6.07) is 2.62. The maximum atomic E-state index is 3.95. The Morgan fingerprint density at radius 1 is 1.77 bits per heavy atom. The van der Waals surface area contributed by atoms with Gasteiger partial charge in [-0.3, -0.25) is 9.82 Å². The largest absolute Gasteiger partial charge is 0.355 e. The minimum Gasteiger partial charge on any atom is -0.355 e. The van der Waals surface area contributed by atoms with Crippen molar-refractivity contribution in [3.05, 3.63) is 12.3 Å². The molecule has 72 valence electrons. The molecule has 2 N–H and O–H groups in total. The Morgan fingerprint density at radius 2 is 2.69 bits per heavy atom. The number of anilines is 1. The normalized spacial score (nSPS) is 22.5. The van der Waals surface area contributed by atoms with Crippen molar-refractivity contribution in [2.75, 3.05) is 24.2 Å². The second kappa shape index (κ2) is 4.02. The third kappa shape index (κ3) is 1.97. The summed E-state index contributed by atoms with van der Waals surface area (Å²) in [7, 11) is 0. The third-order valence-electron chi connectivity index (χ3n) is 2.30. The van der Waals surface area contributed by atoms with Gasteiger partial charge in [0.1, 0.15) is 5.82 Å². The fourth-order valence-electron chi connectivity index (χ4n) is 1.67. The molecule has 1 unspecified atom stereocenters. The summed E-state index contributed by atoms with van der Waals surface area (Å²) in [4.78, 5) is 2.32. The lowest BCUT2D eigenvalue weighted by molar-refractivity contribution is 0.701. The summed E-state index contributed by atoms with van der Waals surface area (Å²) in [5.74, 6) is 1.13. The van der Waals surface area contributed by atoms with Crippen LogP contribution in [-0.4, -0.2) is 35.6 Å². The van der Waals surface area contributed by atoms with Crippen LogP contribution in [0.2, 0.25) is 0 Å². The summed E-state index contributed by atoms with van der Waals surface area (Å²) in [5.41, 5.74) is 0. The van der Waals surface area contributed by atoms with Gasteiger partial charge in [0.2, 0.25) is 0 Å². The molecule has 1 saturated heterocycles. The van der Waals surface area contributed by atoms with E-state index in [1.165, 1.54) is 6.42 Å². The van der Waals surface area contributed by atoms with Crippen LogP contribution in [0.4, 0.5) is 5.82 Å². The molecule has 0 radical (unpaired) electrons. The highest BCUT2D eigenvalue weighted by atomic mass is 32.2. The molecule has 13 heavy (non-hydrogen) atoms. The Labute approximate surface area is 82.2 Å². The topological polar surface area (TPSA) is 44.0 Å². The lowest BCUT2D eigenvalue weighted by Gasteiger charge is -2.15. The molecule has 1 fully saturated rings. The van der Waals surface area contributed by atoms with E-state index in [-0.39, 0.29) is 0 Å². The Kier molecular flexibility index (Phi) is 2.75. The van der Waals surface area contributed by atoms with Crippen LogP contribution in [0.5, 0.6) is 0 Å². The Bertz CT molecular complexity index is 249. The van der Waals surface area contributed by atoms with Crippen molar-refractivity contribution < 1.29 is 0 Å². The fraction of sp³-hybridized carbons (Fsp3) is 0.625. The number of H-pyrrole nitrogens is 1. The molecule has 1 aliphatic heterocycles. The van der Waals surface area contributed by atoms with E-state index in [4.69, 9.17) is 0 Å². The summed E-state index contributed by atoms with van der Waals surface area (Å²) in [6.45, 7) is 2.18. The average molecular weight is 198 g/mol. The monoisotopic (exact) mass is 198 g/mol. The van der Waals surface area contributed by atoms with Crippen LogP contribution >= 0.6 is 11.9 Å². The Balaban J connectivity index is 1.91.